The standard InChI is InChI=1S/C26H24F3N3O3S/c1-3-16(2)35-22-13-9-18(10-14-22)24(34)32-25(36)31-20-11-7-17(8-12-20)23(33)30-21-6-4-5-19(15-21)26(27,28)29/h4-16H,3H2,1-2H3,(H,30,33)(H2,31,32,34,36). The van der Waals surface area contributed by atoms with Gasteiger partial charge < -0.3 is 15.4 Å². The van der Waals surface area contributed by atoms with Crippen LogP contribution in [-0.4, -0.2) is 23.0 Å². The zero-order chi connectivity index (χ0) is 26.3. The van der Waals surface area contributed by atoms with E-state index in [4.69, 9.17) is 17.0 Å². The number of carbonyl (C=O) groups excluding carboxylic acids is 2. The van der Waals surface area contributed by atoms with Crippen LogP contribution in [0.1, 0.15) is 46.5 Å². The maximum absolute atomic E-state index is 12.9. The highest BCUT2D eigenvalue weighted by atomic mass is 32.1. The Morgan fingerprint density at radius 1 is 0.889 bits per heavy atom. The van der Waals surface area contributed by atoms with E-state index >= 15 is 0 Å². The first-order valence-corrected chi connectivity index (χ1v) is 11.4. The van der Waals surface area contributed by atoms with E-state index in [-0.39, 0.29) is 22.5 Å². The Kier molecular flexibility index (Phi) is 8.65. The minimum Gasteiger partial charge on any atom is -0.491 e. The molecule has 0 aromatic heterocycles. The van der Waals surface area contributed by atoms with E-state index in [0.717, 1.165) is 18.6 Å². The predicted octanol–water partition coefficient (Wildman–Crippen LogP) is 6.26. The summed E-state index contributed by atoms with van der Waals surface area (Å²) in [6.07, 6.45) is -3.57. The van der Waals surface area contributed by atoms with Gasteiger partial charge in [0.1, 0.15) is 5.75 Å². The van der Waals surface area contributed by atoms with Gasteiger partial charge in [-0.05, 0) is 92.3 Å². The molecule has 10 heteroatoms. The Morgan fingerprint density at radius 2 is 1.50 bits per heavy atom. The topological polar surface area (TPSA) is 79.5 Å². The fourth-order valence-electron chi connectivity index (χ4n) is 3.02. The van der Waals surface area contributed by atoms with Gasteiger partial charge in [0.05, 0.1) is 11.7 Å². The van der Waals surface area contributed by atoms with Crippen molar-refractivity contribution in [1.29, 1.82) is 0 Å². The monoisotopic (exact) mass is 515 g/mol. The molecule has 0 heterocycles. The fraction of sp³-hybridized carbons (Fsp3) is 0.192. The third-order valence-corrected chi connectivity index (χ3v) is 5.31. The highest BCUT2D eigenvalue weighted by molar-refractivity contribution is 7.80. The lowest BCUT2D eigenvalue weighted by Gasteiger charge is -2.13. The van der Waals surface area contributed by atoms with Crippen LogP contribution in [0.4, 0.5) is 24.5 Å². The van der Waals surface area contributed by atoms with Crippen molar-refractivity contribution in [2.24, 2.45) is 0 Å². The van der Waals surface area contributed by atoms with Crippen molar-refractivity contribution in [2.75, 3.05) is 10.6 Å². The number of ether oxygens (including phenoxy) is 1. The molecule has 0 fully saturated rings. The van der Waals surface area contributed by atoms with Crippen LogP contribution < -0.4 is 20.7 Å². The van der Waals surface area contributed by atoms with Crippen LogP contribution in [0.5, 0.6) is 5.75 Å². The molecule has 2 amide bonds. The molecule has 1 unspecified atom stereocenters. The molecular weight excluding hydrogens is 491 g/mol. The molecular formula is C26H24F3N3O3S. The van der Waals surface area contributed by atoms with Gasteiger partial charge in [0, 0.05) is 22.5 Å². The lowest BCUT2D eigenvalue weighted by molar-refractivity contribution is -0.137. The summed E-state index contributed by atoms with van der Waals surface area (Å²) >= 11 is 5.19. The molecule has 36 heavy (non-hydrogen) atoms. The van der Waals surface area contributed by atoms with Crippen LogP contribution >= 0.6 is 12.2 Å². The molecule has 0 aliphatic heterocycles. The molecule has 0 aliphatic rings. The molecule has 1 atom stereocenters. The van der Waals surface area contributed by atoms with Gasteiger partial charge in [-0.25, -0.2) is 0 Å². The molecule has 0 aliphatic carbocycles. The molecule has 0 bridgehead atoms. The van der Waals surface area contributed by atoms with Gasteiger partial charge in [-0.2, -0.15) is 13.2 Å². The van der Waals surface area contributed by atoms with Crippen LogP contribution in [0.25, 0.3) is 0 Å². The Hall–Kier alpha value is -3.92. The zero-order valence-corrected chi connectivity index (χ0v) is 20.3. The number of benzene rings is 3. The molecule has 0 saturated heterocycles. The number of nitrogens with one attached hydrogen (secondary N) is 3. The first-order valence-electron chi connectivity index (χ1n) is 11.0. The Morgan fingerprint density at radius 3 is 2.11 bits per heavy atom. The third-order valence-electron chi connectivity index (χ3n) is 5.11. The highest BCUT2D eigenvalue weighted by Gasteiger charge is 2.30. The third kappa shape index (κ3) is 7.54. The number of carbonyl (C=O) groups is 2. The Bertz CT molecular complexity index is 1230. The van der Waals surface area contributed by atoms with E-state index in [1.165, 1.54) is 24.3 Å². The van der Waals surface area contributed by atoms with Crippen molar-refractivity contribution in [1.82, 2.24) is 5.32 Å². The maximum Gasteiger partial charge on any atom is 0.416 e. The molecule has 0 saturated carbocycles. The van der Waals surface area contributed by atoms with Crippen LogP contribution in [0, 0.1) is 0 Å². The average Bonchev–Trinajstić information content (AvgIpc) is 2.84. The summed E-state index contributed by atoms with van der Waals surface area (Å²) in [5, 5.41) is 7.92. The number of hydrogen-bond acceptors (Lipinski definition) is 4. The highest BCUT2D eigenvalue weighted by Crippen LogP contribution is 2.30. The number of anilines is 2. The van der Waals surface area contributed by atoms with Crippen molar-refractivity contribution < 1.29 is 27.5 Å². The van der Waals surface area contributed by atoms with Crippen molar-refractivity contribution >= 4 is 40.5 Å². The molecule has 188 valence electrons. The van der Waals surface area contributed by atoms with Crippen LogP contribution in [0.2, 0.25) is 0 Å². The van der Waals surface area contributed by atoms with Gasteiger partial charge in [-0.3, -0.25) is 14.9 Å². The van der Waals surface area contributed by atoms with Crippen LogP contribution in [0.3, 0.4) is 0 Å². The molecule has 0 radical (unpaired) electrons. The van der Waals surface area contributed by atoms with Gasteiger partial charge in [0.2, 0.25) is 0 Å². The quantitative estimate of drug-likeness (QED) is 0.324. The average molecular weight is 516 g/mol. The summed E-state index contributed by atoms with van der Waals surface area (Å²) in [6, 6.07) is 17.1. The number of hydrogen-bond donors (Lipinski definition) is 3. The molecule has 3 aromatic carbocycles. The lowest BCUT2D eigenvalue weighted by atomic mass is 10.1. The van der Waals surface area contributed by atoms with Gasteiger partial charge in [0.15, 0.2) is 5.11 Å². The van der Waals surface area contributed by atoms with E-state index < -0.39 is 23.6 Å². The van der Waals surface area contributed by atoms with Crippen molar-refractivity contribution in [2.45, 2.75) is 32.5 Å². The largest absolute Gasteiger partial charge is 0.491 e. The second-order valence-corrected chi connectivity index (χ2v) is 8.29. The molecule has 6 nitrogen and oxygen atoms in total. The van der Waals surface area contributed by atoms with Gasteiger partial charge in [-0.15, -0.1) is 0 Å². The van der Waals surface area contributed by atoms with E-state index in [2.05, 4.69) is 16.0 Å². The minimum absolute atomic E-state index is 0.0281. The summed E-state index contributed by atoms with van der Waals surface area (Å²) in [4.78, 5) is 24.8. The number of amides is 2. The Balaban J connectivity index is 1.54. The second kappa shape index (κ2) is 11.7. The summed E-state index contributed by atoms with van der Waals surface area (Å²) in [5.74, 6) is -0.309. The number of rotatable bonds is 7. The summed E-state index contributed by atoms with van der Waals surface area (Å²) in [5.41, 5.74) is 0.310. The van der Waals surface area contributed by atoms with Crippen molar-refractivity contribution in [3.63, 3.8) is 0 Å². The predicted molar refractivity (Wildman–Crippen MR) is 136 cm³/mol. The molecule has 0 spiro atoms. The first kappa shape index (κ1) is 26.7. The van der Waals surface area contributed by atoms with E-state index in [1.54, 1.807) is 36.4 Å². The zero-order valence-electron chi connectivity index (χ0n) is 19.5. The lowest BCUT2D eigenvalue weighted by Crippen LogP contribution is -2.34. The van der Waals surface area contributed by atoms with Crippen LogP contribution in [-0.2, 0) is 6.18 Å². The fourth-order valence-corrected chi connectivity index (χ4v) is 3.23. The normalized spacial score (nSPS) is 11.8. The number of alkyl halides is 3. The summed E-state index contributed by atoms with van der Waals surface area (Å²) < 4.78 is 44.3. The number of halogens is 3. The summed E-state index contributed by atoms with van der Waals surface area (Å²) in [7, 11) is 0. The minimum atomic E-state index is -4.51. The Labute approximate surface area is 211 Å². The summed E-state index contributed by atoms with van der Waals surface area (Å²) in [6.45, 7) is 3.98. The van der Waals surface area contributed by atoms with Crippen molar-refractivity contribution in [3.8, 4) is 5.75 Å². The smallest absolute Gasteiger partial charge is 0.416 e. The molecule has 3 N–H and O–H groups in total. The van der Waals surface area contributed by atoms with Crippen molar-refractivity contribution in [3.05, 3.63) is 89.5 Å². The maximum atomic E-state index is 12.9. The second-order valence-electron chi connectivity index (χ2n) is 7.88. The van der Waals surface area contributed by atoms with Crippen LogP contribution in [0.15, 0.2) is 72.8 Å². The molecule has 3 aromatic rings. The van der Waals surface area contributed by atoms with E-state index in [0.29, 0.717) is 17.0 Å². The van der Waals surface area contributed by atoms with Gasteiger partial charge >= 0.3 is 6.18 Å². The van der Waals surface area contributed by atoms with E-state index in [9.17, 15) is 22.8 Å². The molecule has 3 rings (SSSR count). The van der Waals surface area contributed by atoms with Gasteiger partial charge in [0.25, 0.3) is 11.8 Å². The van der Waals surface area contributed by atoms with E-state index in [1.807, 2.05) is 13.8 Å². The SMILES string of the molecule is CCC(C)Oc1ccc(C(=O)NC(=S)Nc2ccc(C(=O)Nc3cccc(C(F)(F)F)c3)cc2)cc1. The van der Waals surface area contributed by atoms with Gasteiger partial charge in [-0.1, -0.05) is 13.0 Å². The number of thiocarbonyl (C=S) groups is 1. The first-order chi connectivity index (χ1) is 17.0.